The van der Waals surface area contributed by atoms with Gasteiger partial charge in [0.1, 0.15) is 5.75 Å². The fraction of sp³-hybridized carbons (Fsp3) is 0.600. The minimum Gasteiger partial charge on any atom is -0.508 e. The Hall–Kier alpha value is -1.69. The first-order chi connectivity index (χ1) is 14.0. The molecule has 0 atom stereocenters. The van der Waals surface area contributed by atoms with Crippen LogP contribution in [0, 0.1) is 0 Å². The van der Waals surface area contributed by atoms with Crippen molar-refractivity contribution in [2.75, 3.05) is 39.3 Å². The number of nitrogens with zero attached hydrogens (tertiary/aromatic N) is 2. The van der Waals surface area contributed by atoms with E-state index in [9.17, 15) is 18.7 Å². The highest BCUT2D eigenvalue weighted by Gasteiger charge is 2.21. The second-order valence-corrected chi connectivity index (χ2v) is 7.03. The van der Waals surface area contributed by atoms with E-state index in [1.807, 2.05) is 6.92 Å². The molecule has 2 rings (SSSR count). The predicted molar refractivity (Wildman–Crippen MR) is 125 cm³/mol. The van der Waals surface area contributed by atoms with Crippen LogP contribution in [0.25, 0.3) is 0 Å². The van der Waals surface area contributed by atoms with E-state index in [1.165, 1.54) is 12.1 Å². The van der Waals surface area contributed by atoms with Crippen molar-refractivity contribution in [2.24, 2.45) is 4.99 Å². The summed E-state index contributed by atoms with van der Waals surface area (Å²) in [5, 5.41) is 18.8. The highest BCUT2D eigenvalue weighted by atomic mass is 127. The van der Waals surface area contributed by atoms with Crippen molar-refractivity contribution >= 4 is 35.8 Å². The summed E-state index contributed by atoms with van der Waals surface area (Å²) in [5.74, 6) is 0.535. The molecule has 1 aromatic rings. The fourth-order valence-electron chi connectivity index (χ4n) is 3.19. The van der Waals surface area contributed by atoms with Gasteiger partial charge in [-0.1, -0.05) is 6.07 Å². The van der Waals surface area contributed by atoms with Crippen LogP contribution in [0.1, 0.15) is 36.5 Å². The number of carbonyl (C=O) groups is 1. The summed E-state index contributed by atoms with van der Waals surface area (Å²) in [5.41, 5.74) is 0.418. The first kappa shape index (κ1) is 26.3. The fourth-order valence-corrected chi connectivity index (χ4v) is 3.19. The molecule has 10 heteroatoms. The van der Waals surface area contributed by atoms with Crippen LogP contribution >= 0.6 is 24.0 Å². The lowest BCUT2D eigenvalue weighted by molar-refractivity contribution is 0.0744. The number of guanidine groups is 1. The summed E-state index contributed by atoms with van der Waals surface area (Å²) >= 11 is 0. The van der Waals surface area contributed by atoms with Crippen LogP contribution < -0.4 is 16.0 Å². The number of nitrogens with one attached hydrogen (secondary N) is 3. The lowest BCUT2D eigenvalue weighted by Crippen LogP contribution is -2.49. The molecular weight excluding hydrogens is 507 g/mol. The van der Waals surface area contributed by atoms with E-state index in [0.717, 1.165) is 19.4 Å². The van der Waals surface area contributed by atoms with Crippen molar-refractivity contribution in [1.29, 1.82) is 0 Å². The molecule has 1 heterocycles. The number of carbonyl (C=O) groups excluding carboxylic acids is 1. The number of halogens is 3. The highest BCUT2D eigenvalue weighted by Crippen LogP contribution is 2.12. The Morgan fingerprint density at radius 3 is 2.67 bits per heavy atom. The van der Waals surface area contributed by atoms with Crippen LogP contribution in [0.4, 0.5) is 8.78 Å². The van der Waals surface area contributed by atoms with Crippen LogP contribution in [0.5, 0.6) is 5.75 Å². The maximum atomic E-state index is 12.5. The summed E-state index contributed by atoms with van der Waals surface area (Å²) in [4.78, 5) is 18.3. The van der Waals surface area contributed by atoms with Gasteiger partial charge in [0.05, 0.1) is 6.54 Å². The number of phenolic OH excluding ortho intramolecular Hbond substituents is 1. The second-order valence-electron chi connectivity index (χ2n) is 7.03. The topological polar surface area (TPSA) is 89.0 Å². The average Bonchev–Trinajstić information content (AvgIpc) is 2.68. The maximum Gasteiger partial charge on any atom is 0.251 e. The molecular formula is C20H32F2IN5O2. The number of aromatic hydroxyl groups is 1. The molecule has 170 valence electrons. The molecule has 0 aliphatic carbocycles. The van der Waals surface area contributed by atoms with Crippen LogP contribution in [0.15, 0.2) is 29.3 Å². The van der Waals surface area contributed by atoms with Gasteiger partial charge in [-0.25, -0.2) is 8.78 Å². The standard InChI is InChI=1S/C20H31F2N5O2.HI/c1-2-23-20(26-16-7-11-27(12-8-16)14-18(21)22)25-10-4-9-24-19(29)15-5-3-6-17(28)13-15;/h3,5-6,13,16,18,28H,2,4,7-12,14H2,1H3,(H,24,29)(H2,23,25,26);1H. The zero-order valence-corrected chi connectivity index (χ0v) is 19.6. The van der Waals surface area contributed by atoms with E-state index in [2.05, 4.69) is 20.9 Å². The van der Waals surface area contributed by atoms with Gasteiger partial charge < -0.3 is 21.1 Å². The van der Waals surface area contributed by atoms with Gasteiger partial charge in [0.2, 0.25) is 0 Å². The first-order valence-electron chi connectivity index (χ1n) is 10.1. The lowest BCUT2D eigenvalue weighted by Gasteiger charge is -2.32. The Kier molecular flexibility index (Phi) is 12.6. The van der Waals surface area contributed by atoms with Gasteiger partial charge in [0.25, 0.3) is 12.3 Å². The minimum absolute atomic E-state index is 0. The number of amides is 1. The number of likely N-dealkylation sites (tertiary alicyclic amines) is 1. The monoisotopic (exact) mass is 539 g/mol. The maximum absolute atomic E-state index is 12.5. The quantitative estimate of drug-likeness (QED) is 0.168. The van der Waals surface area contributed by atoms with E-state index in [1.54, 1.807) is 17.0 Å². The van der Waals surface area contributed by atoms with Crippen molar-refractivity contribution in [1.82, 2.24) is 20.9 Å². The molecule has 0 saturated carbocycles. The Labute approximate surface area is 193 Å². The van der Waals surface area contributed by atoms with E-state index in [4.69, 9.17) is 0 Å². The van der Waals surface area contributed by atoms with Crippen LogP contribution in [0.3, 0.4) is 0 Å². The molecule has 1 aliphatic heterocycles. The Morgan fingerprint density at radius 2 is 2.03 bits per heavy atom. The van der Waals surface area contributed by atoms with E-state index in [0.29, 0.717) is 44.1 Å². The van der Waals surface area contributed by atoms with E-state index < -0.39 is 6.43 Å². The lowest BCUT2D eigenvalue weighted by atomic mass is 10.1. The van der Waals surface area contributed by atoms with E-state index >= 15 is 0 Å². The number of benzene rings is 1. The Balaban J connectivity index is 0.00000450. The van der Waals surface area contributed by atoms with Crippen LogP contribution in [-0.2, 0) is 0 Å². The van der Waals surface area contributed by atoms with Gasteiger partial charge >= 0.3 is 0 Å². The molecule has 1 fully saturated rings. The summed E-state index contributed by atoms with van der Waals surface area (Å²) in [6.45, 7) is 4.88. The van der Waals surface area contributed by atoms with Gasteiger partial charge in [-0.3, -0.25) is 14.7 Å². The van der Waals surface area contributed by atoms with Gasteiger partial charge in [0, 0.05) is 44.3 Å². The Morgan fingerprint density at radius 1 is 1.30 bits per heavy atom. The molecule has 1 aromatic carbocycles. The third-order valence-corrected chi connectivity index (χ3v) is 4.67. The summed E-state index contributed by atoms with van der Waals surface area (Å²) in [7, 11) is 0. The van der Waals surface area contributed by atoms with Crippen molar-refractivity contribution in [3.63, 3.8) is 0 Å². The van der Waals surface area contributed by atoms with E-state index in [-0.39, 0.29) is 48.2 Å². The third kappa shape index (κ3) is 9.88. The number of alkyl halides is 2. The number of hydrogen-bond acceptors (Lipinski definition) is 4. The Bertz CT molecular complexity index is 670. The molecule has 0 aromatic heterocycles. The van der Waals surface area contributed by atoms with Gasteiger partial charge in [-0.15, -0.1) is 24.0 Å². The molecule has 7 nitrogen and oxygen atoms in total. The summed E-state index contributed by atoms with van der Waals surface area (Å²) < 4.78 is 24.9. The molecule has 0 radical (unpaired) electrons. The number of hydrogen-bond donors (Lipinski definition) is 4. The zero-order chi connectivity index (χ0) is 21.1. The molecule has 0 bridgehead atoms. The zero-order valence-electron chi connectivity index (χ0n) is 17.2. The number of aliphatic imine (C=N–C) groups is 1. The number of piperidine rings is 1. The molecule has 0 unspecified atom stereocenters. The molecule has 1 saturated heterocycles. The van der Waals surface area contributed by atoms with Crippen LogP contribution in [-0.4, -0.2) is 73.6 Å². The summed E-state index contributed by atoms with van der Waals surface area (Å²) in [6, 6.07) is 6.43. The average molecular weight is 539 g/mol. The second kappa shape index (κ2) is 14.3. The minimum atomic E-state index is -2.29. The van der Waals surface area contributed by atoms with Crippen molar-refractivity contribution in [2.45, 2.75) is 38.7 Å². The number of phenols is 1. The van der Waals surface area contributed by atoms with Crippen LogP contribution in [0.2, 0.25) is 0 Å². The van der Waals surface area contributed by atoms with Gasteiger partial charge in [0.15, 0.2) is 5.96 Å². The largest absolute Gasteiger partial charge is 0.508 e. The molecule has 0 spiro atoms. The summed E-state index contributed by atoms with van der Waals surface area (Å²) in [6.07, 6.45) is -0.00573. The third-order valence-electron chi connectivity index (χ3n) is 4.67. The highest BCUT2D eigenvalue weighted by molar-refractivity contribution is 14.0. The molecule has 1 amide bonds. The van der Waals surface area contributed by atoms with Crippen molar-refractivity contribution in [3.8, 4) is 5.75 Å². The molecule has 30 heavy (non-hydrogen) atoms. The smallest absolute Gasteiger partial charge is 0.251 e. The SMILES string of the molecule is CCNC(=NCCCNC(=O)c1cccc(O)c1)NC1CCN(CC(F)F)CC1.I. The van der Waals surface area contributed by atoms with Gasteiger partial charge in [-0.2, -0.15) is 0 Å². The molecule has 4 N–H and O–H groups in total. The number of rotatable bonds is 9. The normalized spacial score (nSPS) is 15.5. The predicted octanol–water partition coefficient (Wildman–Crippen LogP) is 2.41. The van der Waals surface area contributed by atoms with Gasteiger partial charge in [-0.05, 0) is 44.4 Å². The first-order valence-corrected chi connectivity index (χ1v) is 10.1. The van der Waals surface area contributed by atoms with Crippen molar-refractivity contribution in [3.05, 3.63) is 29.8 Å². The molecule has 1 aliphatic rings. The van der Waals surface area contributed by atoms with Crippen molar-refractivity contribution < 1.29 is 18.7 Å².